The van der Waals surface area contributed by atoms with Gasteiger partial charge in [-0.1, -0.05) is 38.1 Å². The highest BCUT2D eigenvalue weighted by molar-refractivity contribution is 5.40. The van der Waals surface area contributed by atoms with Crippen LogP contribution in [0, 0.1) is 0 Å². The maximum absolute atomic E-state index is 11.1. The molecule has 1 aromatic carbocycles. The Morgan fingerprint density at radius 1 is 1.11 bits per heavy atom. The van der Waals surface area contributed by atoms with Crippen LogP contribution < -0.4 is 5.32 Å². The highest BCUT2D eigenvalue weighted by Gasteiger charge is 2.41. The first-order chi connectivity index (χ1) is 8.64. The molecule has 0 aromatic heterocycles. The largest absolute Gasteiger partial charge is 0.384 e. The fourth-order valence-electron chi connectivity index (χ4n) is 2.86. The van der Waals surface area contributed by atoms with Crippen LogP contribution in [0.15, 0.2) is 24.3 Å². The lowest BCUT2D eigenvalue weighted by Crippen LogP contribution is -2.49. The summed E-state index contributed by atoms with van der Waals surface area (Å²) in [5.41, 5.74) is 1.84. The van der Waals surface area contributed by atoms with Gasteiger partial charge in [0.25, 0.3) is 0 Å². The first-order valence-electron chi connectivity index (χ1n) is 7.22. The Labute approximate surface area is 117 Å². The van der Waals surface area contributed by atoms with Crippen molar-refractivity contribution in [2.75, 3.05) is 6.54 Å². The number of nitrogens with one attached hydrogen (secondary N) is 1. The van der Waals surface area contributed by atoms with Crippen LogP contribution in [0.1, 0.15) is 58.6 Å². The van der Waals surface area contributed by atoms with Crippen LogP contribution in [0.4, 0.5) is 0 Å². The molecule has 0 aliphatic heterocycles. The molecule has 2 heteroatoms. The molecule has 2 nitrogen and oxygen atoms in total. The minimum absolute atomic E-state index is 0.0254. The van der Waals surface area contributed by atoms with E-state index in [2.05, 4.69) is 58.1 Å². The molecule has 2 rings (SSSR count). The third kappa shape index (κ3) is 3.01. The molecule has 1 unspecified atom stereocenters. The molecule has 0 heterocycles. The minimum atomic E-state index is -0.737. The number of hydrogen-bond acceptors (Lipinski definition) is 2. The number of benzene rings is 1. The van der Waals surface area contributed by atoms with Crippen molar-refractivity contribution in [3.63, 3.8) is 0 Å². The Morgan fingerprint density at radius 2 is 1.68 bits per heavy atom. The maximum atomic E-state index is 11.1. The van der Waals surface area contributed by atoms with Gasteiger partial charge in [-0.2, -0.15) is 0 Å². The summed E-state index contributed by atoms with van der Waals surface area (Å²) in [5, 5.41) is 14.5. The Balaban J connectivity index is 2.33. The normalized spacial score (nSPS) is 26.0. The van der Waals surface area contributed by atoms with Crippen LogP contribution in [-0.4, -0.2) is 17.2 Å². The standard InChI is InChI=1S/C17H27NO/c1-15(2,3)18-12-17(19)11-10-16(4,5)13-8-6-7-9-14(13)17/h6-9,18-19H,10-12H2,1-5H3. The van der Waals surface area contributed by atoms with E-state index in [0.29, 0.717) is 6.54 Å². The Hall–Kier alpha value is -0.860. The lowest BCUT2D eigenvalue weighted by molar-refractivity contribution is 0.00427. The Morgan fingerprint density at radius 3 is 2.26 bits per heavy atom. The molecule has 0 radical (unpaired) electrons. The fourth-order valence-corrected chi connectivity index (χ4v) is 2.86. The van der Waals surface area contributed by atoms with Crippen molar-refractivity contribution in [1.29, 1.82) is 0 Å². The smallest absolute Gasteiger partial charge is 0.102 e. The van der Waals surface area contributed by atoms with Crippen LogP contribution >= 0.6 is 0 Å². The highest BCUT2D eigenvalue weighted by atomic mass is 16.3. The molecule has 106 valence electrons. The van der Waals surface area contributed by atoms with Crippen molar-refractivity contribution in [2.24, 2.45) is 0 Å². The molecule has 0 saturated heterocycles. The number of hydrogen-bond donors (Lipinski definition) is 2. The van der Waals surface area contributed by atoms with Gasteiger partial charge in [0.15, 0.2) is 0 Å². The van der Waals surface area contributed by atoms with Gasteiger partial charge >= 0.3 is 0 Å². The third-order valence-electron chi connectivity index (χ3n) is 4.23. The average molecular weight is 261 g/mol. The molecule has 1 aliphatic rings. The van der Waals surface area contributed by atoms with Crippen molar-refractivity contribution < 1.29 is 5.11 Å². The molecule has 0 fully saturated rings. The summed E-state index contributed by atoms with van der Waals surface area (Å²) in [5.74, 6) is 0. The van der Waals surface area contributed by atoms with Crippen molar-refractivity contribution in [2.45, 2.75) is 64.0 Å². The lowest BCUT2D eigenvalue weighted by atomic mass is 9.66. The summed E-state index contributed by atoms with van der Waals surface area (Å²) in [7, 11) is 0. The molecule has 0 spiro atoms. The molecule has 1 aliphatic carbocycles. The molecule has 0 amide bonds. The number of rotatable bonds is 2. The van der Waals surface area contributed by atoms with Gasteiger partial charge in [0.2, 0.25) is 0 Å². The molecule has 2 N–H and O–H groups in total. The Bertz CT molecular complexity index is 459. The van der Waals surface area contributed by atoms with Gasteiger partial charge in [-0.25, -0.2) is 0 Å². The molecule has 19 heavy (non-hydrogen) atoms. The fraction of sp³-hybridized carbons (Fsp3) is 0.647. The zero-order valence-corrected chi connectivity index (χ0v) is 12.9. The number of fused-ring (bicyclic) bond motifs is 1. The van der Waals surface area contributed by atoms with E-state index in [0.717, 1.165) is 18.4 Å². The van der Waals surface area contributed by atoms with E-state index < -0.39 is 5.60 Å². The predicted molar refractivity (Wildman–Crippen MR) is 80.4 cm³/mol. The molecule has 0 bridgehead atoms. The van der Waals surface area contributed by atoms with Gasteiger partial charge in [0, 0.05) is 12.1 Å². The summed E-state index contributed by atoms with van der Waals surface area (Å²) in [6, 6.07) is 8.35. The maximum Gasteiger partial charge on any atom is 0.102 e. The molecule has 1 atom stereocenters. The summed E-state index contributed by atoms with van der Waals surface area (Å²) in [6.45, 7) is 11.5. The van der Waals surface area contributed by atoms with Crippen molar-refractivity contribution >= 4 is 0 Å². The molecular weight excluding hydrogens is 234 g/mol. The molecule has 1 aromatic rings. The van der Waals surface area contributed by atoms with E-state index in [9.17, 15) is 5.11 Å². The number of β-amino-alcohol motifs (C(OH)–C–C–N with tert-alkyl or cyclic N) is 1. The summed E-state index contributed by atoms with van der Waals surface area (Å²) < 4.78 is 0. The summed E-state index contributed by atoms with van der Waals surface area (Å²) in [4.78, 5) is 0. The third-order valence-corrected chi connectivity index (χ3v) is 4.23. The lowest BCUT2D eigenvalue weighted by Gasteiger charge is -2.43. The van der Waals surface area contributed by atoms with Gasteiger partial charge in [0.05, 0.1) is 0 Å². The second-order valence-electron chi connectivity index (χ2n) is 7.56. The van der Waals surface area contributed by atoms with Crippen molar-refractivity contribution in [1.82, 2.24) is 5.32 Å². The van der Waals surface area contributed by atoms with E-state index >= 15 is 0 Å². The quantitative estimate of drug-likeness (QED) is 0.856. The topological polar surface area (TPSA) is 32.3 Å². The van der Waals surface area contributed by atoms with Crippen LogP contribution in [0.5, 0.6) is 0 Å². The highest BCUT2D eigenvalue weighted by Crippen LogP contribution is 2.44. The van der Waals surface area contributed by atoms with E-state index in [4.69, 9.17) is 0 Å². The minimum Gasteiger partial charge on any atom is -0.384 e. The number of aliphatic hydroxyl groups is 1. The molecular formula is C17H27NO. The average Bonchev–Trinajstić information content (AvgIpc) is 2.32. The van der Waals surface area contributed by atoms with E-state index in [1.54, 1.807) is 0 Å². The van der Waals surface area contributed by atoms with Crippen LogP contribution in [-0.2, 0) is 11.0 Å². The predicted octanol–water partition coefficient (Wildman–Crippen LogP) is 3.33. The Kier molecular flexibility index (Phi) is 3.53. The zero-order valence-electron chi connectivity index (χ0n) is 12.9. The van der Waals surface area contributed by atoms with Gasteiger partial charge < -0.3 is 10.4 Å². The second kappa shape index (κ2) is 4.60. The van der Waals surface area contributed by atoms with Gasteiger partial charge in [-0.15, -0.1) is 0 Å². The summed E-state index contributed by atoms with van der Waals surface area (Å²) in [6.07, 6.45) is 1.84. The van der Waals surface area contributed by atoms with Crippen molar-refractivity contribution in [3.8, 4) is 0 Å². The SMILES string of the molecule is CC(C)(C)NCC1(O)CCC(C)(C)c2ccccc21. The van der Waals surface area contributed by atoms with E-state index in [1.807, 2.05) is 6.07 Å². The molecule has 0 saturated carbocycles. The van der Waals surface area contributed by atoms with Gasteiger partial charge in [-0.3, -0.25) is 0 Å². The monoisotopic (exact) mass is 261 g/mol. The van der Waals surface area contributed by atoms with Gasteiger partial charge in [-0.05, 0) is 50.2 Å². The first-order valence-corrected chi connectivity index (χ1v) is 7.22. The second-order valence-corrected chi connectivity index (χ2v) is 7.56. The van der Waals surface area contributed by atoms with Gasteiger partial charge in [0.1, 0.15) is 5.60 Å². The van der Waals surface area contributed by atoms with Crippen molar-refractivity contribution in [3.05, 3.63) is 35.4 Å². The zero-order chi connectivity index (χ0) is 14.3. The van der Waals surface area contributed by atoms with E-state index in [-0.39, 0.29) is 11.0 Å². The summed E-state index contributed by atoms with van der Waals surface area (Å²) >= 11 is 0. The van der Waals surface area contributed by atoms with Crippen LogP contribution in [0.3, 0.4) is 0 Å². The van der Waals surface area contributed by atoms with E-state index in [1.165, 1.54) is 5.56 Å². The van der Waals surface area contributed by atoms with Crippen LogP contribution in [0.2, 0.25) is 0 Å². The first kappa shape index (κ1) is 14.5. The van der Waals surface area contributed by atoms with Crippen LogP contribution in [0.25, 0.3) is 0 Å².